The molecule has 2 rings (SSSR count). The Hall–Kier alpha value is -3.42. The number of amides is 3. The lowest BCUT2D eigenvalue weighted by Gasteiger charge is -2.22. The van der Waals surface area contributed by atoms with E-state index in [1.807, 2.05) is 0 Å². The number of hydrogen-bond acceptors (Lipinski definition) is 4. The van der Waals surface area contributed by atoms with Crippen LogP contribution < -0.4 is 21.1 Å². The summed E-state index contributed by atoms with van der Waals surface area (Å²) in [5, 5.41) is 5.15. The van der Waals surface area contributed by atoms with Crippen LogP contribution in [-0.2, 0) is 27.2 Å². The van der Waals surface area contributed by atoms with Crippen LogP contribution in [0.25, 0.3) is 0 Å². The van der Waals surface area contributed by atoms with Gasteiger partial charge < -0.3 is 21.1 Å². The van der Waals surface area contributed by atoms with Gasteiger partial charge in [-0.05, 0) is 29.3 Å². The molecular weight excluding hydrogens is 377 g/mol. The van der Waals surface area contributed by atoms with Crippen molar-refractivity contribution >= 4 is 17.7 Å². The maximum absolute atomic E-state index is 13.1. The number of para-hydroxylation sites is 1. The van der Waals surface area contributed by atoms with Gasteiger partial charge >= 0.3 is 0 Å². The van der Waals surface area contributed by atoms with Gasteiger partial charge in [0.25, 0.3) is 0 Å². The second-order valence-corrected chi connectivity index (χ2v) is 6.56. The summed E-state index contributed by atoms with van der Waals surface area (Å²) in [6.45, 7) is 1.28. The van der Waals surface area contributed by atoms with Gasteiger partial charge in [-0.3, -0.25) is 14.4 Å². The fourth-order valence-corrected chi connectivity index (χ4v) is 2.90. The normalized spacial score (nSPS) is 12.5. The van der Waals surface area contributed by atoms with Crippen molar-refractivity contribution in [3.8, 4) is 5.75 Å². The molecule has 0 aliphatic carbocycles. The summed E-state index contributed by atoms with van der Waals surface area (Å²) in [5.74, 6) is -1.53. The SMILES string of the molecule is COc1ccccc1C[C@@H](NC(=O)[C@H](Cc1ccc(F)cc1)NC(C)=O)C(N)=O. The van der Waals surface area contributed by atoms with Crippen molar-refractivity contribution in [2.24, 2.45) is 5.73 Å². The first-order valence-corrected chi connectivity index (χ1v) is 9.03. The van der Waals surface area contributed by atoms with Crippen LogP contribution >= 0.6 is 0 Å². The monoisotopic (exact) mass is 401 g/mol. The largest absolute Gasteiger partial charge is 0.496 e. The lowest BCUT2D eigenvalue weighted by molar-refractivity contribution is -0.130. The second kappa shape index (κ2) is 10.2. The molecule has 0 aliphatic rings. The molecule has 2 aromatic carbocycles. The van der Waals surface area contributed by atoms with E-state index >= 15 is 0 Å². The first-order valence-electron chi connectivity index (χ1n) is 9.03. The van der Waals surface area contributed by atoms with Crippen LogP contribution in [0.3, 0.4) is 0 Å². The zero-order chi connectivity index (χ0) is 21.4. The molecule has 154 valence electrons. The van der Waals surface area contributed by atoms with Crippen molar-refractivity contribution in [2.45, 2.75) is 31.8 Å². The summed E-state index contributed by atoms with van der Waals surface area (Å²) >= 11 is 0. The Kier molecular flexibility index (Phi) is 7.70. The maximum atomic E-state index is 13.1. The Morgan fingerprint density at radius 1 is 1.00 bits per heavy atom. The van der Waals surface area contributed by atoms with Gasteiger partial charge in [-0.25, -0.2) is 4.39 Å². The number of nitrogens with two attached hydrogens (primary N) is 1. The van der Waals surface area contributed by atoms with Crippen LogP contribution in [0.1, 0.15) is 18.1 Å². The average molecular weight is 401 g/mol. The molecule has 4 N–H and O–H groups in total. The fraction of sp³-hybridized carbons (Fsp3) is 0.286. The molecule has 3 amide bonds. The van der Waals surface area contributed by atoms with Gasteiger partial charge in [-0.2, -0.15) is 0 Å². The smallest absolute Gasteiger partial charge is 0.243 e. The first-order chi connectivity index (χ1) is 13.8. The van der Waals surface area contributed by atoms with Crippen molar-refractivity contribution in [1.82, 2.24) is 10.6 Å². The molecule has 0 bridgehead atoms. The molecule has 0 unspecified atom stereocenters. The van der Waals surface area contributed by atoms with Crippen LogP contribution in [0.5, 0.6) is 5.75 Å². The molecule has 0 heterocycles. The Labute approximate surface area is 168 Å². The third-order valence-corrected chi connectivity index (χ3v) is 4.32. The van der Waals surface area contributed by atoms with Gasteiger partial charge in [0.05, 0.1) is 7.11 Å². The van der Waals surface area contributed by atoms with Crippen molar-refractivity contribution in [3.63, 3.8) is 0 Å². The predicted molar refractivity (Wildman–Crippen MR) is 106 cm³/mol. The number of methoxy groups -OCH3 is 1. The van der Waals surface area contributed by atoms with E-state index in [4.69, 9.17) is 10.5 Å². The summed E-state index contributed by atoms with van der Waals surface area (Å²) in [6.07, 6.45) is 0.264. The van der Waals surface area contributed by atoms with Crippen molar-refractivity contribution in [3.05, 3.63) is 65.5 Å². The molecule has 2 aromatic rings. The van der Waals surface area contributed by atoms with E-state index in [2.05, 4.69) is 10.6 Å². The van der Waals surface area contributed by atoms with Gasteiger partial charge in [-0.1, -0.05) is 30.3 Å². The third-order valence-electron chi connectivity index (χ3n) is 4.32. The molecule has 2 atom stereocenters. The summed E-state index contributed by atoms with van der Waals surface area (Å²) in [6, 6.07) is 10.7. The number of ether oxygens (including phenoxy) is 1. The quantitative estimate of drug-likeness (QED) is 0.584. The van der Waals surface area contributed by atoms with E-state index in [0.29, 0.717) is 16.9 Å². The minimum atomic E-state index is -0.997. The molecule has 8 heteroatoms. The minimum Gasteiger partial charge on any atom is -0.496 e. The van der Waals surface area contributed by atoms with Crippen molar-refractivity contribution < 1.29 is 23.5 Å². The lowest BCUT2D eigenvalue weighted by Crippen LogP contribution is -2.54. The summed E-state index contributed by atoms with van der Waals surface area (Å²) in [5.41, 5.74) is 6.83. The van der Waals surface area contributed by atoms with Crippen LogP contribution in [0.2, 0.25) is 0 Å². The van der Waals surface area contributed by atoms with E-state index in [1.54, 1.807) is 24.3 Å². The van der Waals surface area contributed by atoms with E-state index in [9.17, 15) is 18.8 Å². The molecule has 0 spiro atoms. The highest BCUT2D eigenvalue weighted by Crippen LogP contribution is 2.19. The molecule has 0 aromatic heterocycles. The van der Waals surface area contributed by atoms with Crippen LogP contribution in [0.4, 0.5) is 4.39 Å². The highest BCUT2D eigenvalue weighted by Gasteiger charge is 2.26. The summed E-state index contributed by atoms with van der Waals surface area (Å²) in [4.78, 5) is 36.2. The van der Waals surface area contributed by atoms with Gasteiger partial charge in [0.2, 0.25) is 17.7 Å². The molecular formula is C21H24FN3O4. The highest BCUT2D eigenvalue weighted by molar-refractivity contribution is 5.91. The minimum absolute atomic E-state index is 0.131. The average Bonchev–Trinajstić information content (AvgIpc) is 2.68. The zero-order valence-corrected chi connectivity index (χ0v) is 16.3. The molecule has 0 saturated heterocycles. The number of benzene rings is 2. The van der Waals surface area contributed by atoms with Crippen molar-refractivity contribution in [2.75, 3.05) is 7.11 Å². The van der Waals surface area contributed by atoms with Gasteiger partial charge in [-0.15, -0.1) is 0 Å². The highest BCUT2D eigenvalue weighted by atomic mass is 19.1. The van der Waals surface area contributed by atoms with Crippen LogP contribution in [-0.4, -0.2) is 36.9 Å². The van der Waals surface area contributed by atoms with Crippen molar-refractivity contribution in [1.29, 1.82) is 0 Å². The number of rotatable bonds is 9. The molecule has 0 aliphatic heterocycles. The Morgan fingerprint density at radius 3 is 2.24 bits per heavy atom. The number of hydrogen-bond donors (Lipinski definition) is 3. The van der Waals surface area contributed by atoms with Gasteiger partial charge in [0.15, 0.2) is 0 Å². The standard InChI is InChI=1S/C21H24FN3O4/c1-13(26)24-18(11-14-7-9-16(22)10-8-14)21(28)25-17(20(23)27)12-15-5-3-4-6-19(15)29-2/h3-10,17-18H,11-12H2,1-2H3,(H2,23,27)(H,24,26)(H,25,28)/t17-,18+/m1/s1. The van der Waals surface area contributed by atoms with Crippen LogP contribution in [0, 0.1) is 5.82 Å². The second-order valence-electron chi connectivity index (χ2n) is 6.56. The Bertz CT molecular complexity index is 870. The zero-order valence-electron chi connectivity index (χ0n) is 16.3. The van der Waals surface area contributed by atoms with Gasteiger partial charge in [0.1, 0.15) is 23.7 Å². The number of carbonyl (C=O) groups is 3. The third kappa shape index (κ3) is 6.60. The summed E-state index contributed by atoms with van der Waals surface area (Å²) in [7, 11) is 1.51. The lowest BCUT2D eigenvalue weighted by atomic mass is 10.0. The number of primary amides is 1. The fourth-order valence-electron chi connectivity index (χ4n) is 2.90. The Morgan fingerprint density at radius 2 is 1.66 bits per heavy atom. The van der Waals surface area contributed by atoms with E-state index < -0.39 is 35.6 Å². The van der Waals surface area contributed by atoms with Gasteiger partial charge in [0, 0.05) is 19.8 Å². The van der Waals surface area contributed by atoms with E-state index in [0.717, 1.165) is 0 Å². The predicted octanol–water partition coefficient (Wildman–Crippen LogP) is 1.09. The topological polar surface area (TPSA) is 111 Å². The first kappa shape index (κ1) is 21.9. The number of carbonyl (C=O) groups excluding carboxylic acids is 3. The number of nitrogens with one attached hydrogen (secondary N) is 2. The maximum Gasteiger partial charge on any atom is 0.243 e. The van der Waals surface area contributed by atoms with Crippen LogP contribution in [0.15, 0.2) is 48.5 Å². The molecule has 29 heavy (non-hydrogen) atoms. The number of halogens is 1. The summed E-state index contributed by atoms with van der Waals surface area (Å²) < 4.78 is 18.4. The molecule has 0 saturated carbocycles. The molecule has 0 fully saturated rings. The van der Waals surface area contributed by atoms with E-state index in [1.165, 1.54) is 38.3 Å². The van der Waals surface area contributed by atoms with E-state index in [-0.39, 0.29) is 12.8 Å². The molecule has 7 nitrogen and oxygen atoms in total. The molecule has 0 radical (unpaired) electrons. The Balaban J connectivity index is 2.16.